The zero-order valence-electron chi connectivity index (χ0n) is 19.3. The molecular formula is C25H30Cl2N4O2. The molecule has 6 nitrogen and oxygen atoms in total. The monoisotopic (exact) mass is 488 g/mol. The molecular weight excluding hydrogens is 459 g/mol. The lowest BCUT2D eigenvalue weighted by atomic mass is 10.0. The summed E-state index contributed by atoms with van der Waals surface area (Å²) in [5.74, 6) is 0.761. The highest BCUT2D eigenvalue weighted by Crippen LogP contribution is 2.27. The number of anilines is 1. The van der Waals surface area contributed by atoms with Crippen LogP contribution in [0, 0.1) is 0 Å². The van der Waals surface area contributed by atoms with Gasteiger partial charge < -0.3 is 19.5 Å². The average Bonchev–Trinajstić information content (AvgIpc) is 3.11. The Bertz CT molecular complexity index is 1140. The van der Waals surface area contributed by atoms with Gasteiger partial charge >= 0.3 is 6.09 Å². The van der Waals surface area contributed by atoms with E-state index in [2.05, 4.69) is 16.0 Å². The van der Waals surface area contributed by atoms with Gasteiger partial charge in [-0.3, -0.25) is 0 Å². The van der Waals surface area contributed by atoms with Crippen molar-refractivity contribution in [2.45, 2.75) is 58.2 Å². The molecule has 0 unspecified atom stereocenters. The van der Waals surface area contributed by atoms with E-state index in [9.17, 15) is 4.79 Å². The van der Waals surface area contributed by atoms with Crippen molar-refractivity contribution in [3.63, 3.8) is 0 Å². The molecule has 33 heavy (non-hydrogen) atoms. The van der Waals surface area contributed by atoms with E-state index in [0.29, 0.717) is 29.7 Å². The van der Waals surface area contributed by atoms with Crippen molar-refractivity contribution in [2.75, 3.05) is 18.4 Å². The van der Waals surface area contributed by atoms with Crippen molar-refractivity contribution in [3.05, 3.63) is 58.1 Å². The number of nitrogens with one attached hydrogen (secondary N) is 1. The summed E-state index contributed by atoms with van der Waals surface area (Å²) in [4.78, 5) is 19.5. The van der Waals surface area contributed by atoms with E-state index in [0.717, 1.165) is 41.8 Å². The minimum atomic E-state index is -0.514. The number of carbonyl (C=O) groups excluding carboxylic acids is 1. The van der Waals surface area contributed by atoms with Crippen molar-refractivity contribution in [1.29, 1.82) is 0 Å². The molecule has 4 rings (SSSR count). The molecule has 2 heterocycles. The number of hydrogen-bond donors (Lipinski definition) is 1. The van der Waals surface area contributed by atoms with Crippen LogP contribution in [0.5, 0.6) is 0 Å². The molecule has 0 spiro atoms. The molecule has 1 atom stereocenters. The van der Waals surface area contributed by atoms with E-state index in [1.54, 1.807) is 0 Å². The summed E-state index contributed by atoms with van der Waals surface area (Å²) in [7, 11) is 0. The first kappa shape index (κ1) is 23.7. The summed E-state index contributed by atoms with van der Waals surface area (Å²) in [6, 6.07) is 13.8. The van der Waals surface area contributed by atoms with Crippen LogP contribution in [0.3, 0.4) is 0 Å². The van der Waals surface area contributed by atoms with Crippen LogP contribution in [-0.2, 0) is 11.3 Å². The Morgan fingerprint density at radius 1 is 1.15 bits per heavy atom. The van der Waals surface area contributed by atoms with E-state index in [-0.39, 0.29) is 12.1 Å². The highest BCUT2D eigenvalue weighted by Gasteiger charge is 2.30. The number of amides is 1. The fourth-order valence-electron chi connectivity index (χ4n) is 4.17. The number of halogens is 2. The predicted octanol–water partition coefficient (Wildman–Crippen LogP) is 6.59. The summed E-state index contributed by atoms with van der Waals surface area (Å²) >= 11 is 12.3. The van der Waals surface area contributed by atoms with Crippen molar-refractivity contribution < 1.29 is 9.53 Å². The predicted molar refractivity (Wildman–Crippen MR) is 134 cm³/mol. The van der Waals surface area contributed by atoms with Gasteiger partial charge in [-0.2, -0.15) is 0 Å². The van der Waals surface area contributed by atoms with Crippen LogP contribution in [0.2, 0.25) is 10.0 Å². The molecule has 0 aliphatic carbocycles. The van der Waals surface area contributed by atoms with Crippen LogP contribution in [0.15, 0.2) is 42.5 Å². The van der Waals surface area contributed by atoms with Crippen LogP contribution in [-0.4, -0.2) is 45.3 Å². The fourth-order valence-corrected chi connectivity index (χ4v) is 4.49. The highest BCUT2D eigenvalue weighted by molar-refractivity contribution is 6.42. The lowest BCUT2D eigenvalue weighted by Gasteiger charge is -2.36. The lowest BCUT2D eigenvalue weighted by molar-refractivity contribution is 0.0114. The molecule has 176 valence electrons. The normalized spacial score (nSPS) is 16.8. The number of carbonyl (C=O) groups is 1. The zero-order valence-corrected chi connectivity index (χ0v) is 20.8. The SMILES string of the molecule is CC(C)(C)OC(=O)N1CCCC[C@H]1CNc1nc2ccccc2n1Cc1ccc(Cl)c(Cl)c1. The number of hydrogen-bond acceptors (Lipinski definition) is 4. The van der Waals surface area contributed by atoms with Crippen LogP contribution >= 0.6 is 23.2 Å². The number of likely N-dealkylation sites (tertiary alicyclic amines) is 1. The molecule has 3 aromatic rings. The summed E-state index contributed by atoms with van der Waals surface area (Å²) in [5, 5.41) is 4.58. The van der Waals surface area contributed by atoms with Crippen LogP contribution < -0.4 is 5.32 Å². The zero-order chi connectivity index (χ0) is 23.6. The van der Waals surface area contributed by atoms with Gasteiger partial charge in [0.2, 0.25) is 5.95 Å². The quantitative estimate of drug-likeness (QED) is 0.439. The maximum Gasteiger partial charge on any atom is 0.410 e. The van der Waals surface area contributed by atoms with Crippen LogP contribution in [0.4, 0.5) is 10.7 Å². The van der Waals surface area contributed by atoms with Crippen molar-refractivity contribution in [2.24, 2.45) is 0 Å². The number of aromatic nitrogens is 2. The van der Waals surface area contributed by atoms with Gasteiger partial charge in [0, 0.05) is 13.1 Å². The first-order valence-electron chi connectivity index (χ1n) is 11.3. The highest BCUT2D eigenvalue weighted by atomic mass is 35.5. The van der Waals surface area contributed by atoms with Gasteiger partial charge in [0.1, 0.15) is 5.60 Å². The third-order valence-electron chi connectivity index (χ3n) is 5.73. The first-order valence-corrected chi connectivity index (χ1v) is 12.1. The molecule has 1 aromatic heterocycles. The lowest BCUT2D eigenvalue weighted by Crippen LogP contribution is -2.49. The number of benzene rings is 2. The number of rotatable bonds is 5. The molecule has 0 saturated carbocycles. The van der Waals surface area contributed by atoms with Gasteiger partial charge in [0.15, 0.2) is 0 Å². The van der Waals surface area contributed by atoms with Gasteiger partial charge in [-0.1, -0.05) is 41.4 Å². The Morgan fingerprint density at radius 2 is 1.94 bits per heavy atom. The Balaban J connectivity index is 1.56. The standard InChI is InChI=1S/C25H30Cl2N4O2/c1-25(2,3)33-24(32)30-13-7-6-8-18(30)15-28-23-29-21-9-4-5-10-22(21)31(23)16-17-11-12-19(26)20(27)14-17/h4-5,9-12,14,18H,6-8,13,15-16H2,1-3H3,(H,28,29)/t18-/m0/s1. The Morgan fingerprint density at radius 3 is 2.70 bits per heavy atom. The number of imidazole rings is 1. The van der Waals surface area contributed by atoms with Crippen LogP contribution in [0.1, 0.15) is 45.6 Å². The molecule has 1 aliphatic heterocycles. The van der Waals surface area contributed by atoms with E-state index in [1.165, 1.54) is 0 Å². The molecule has 8 heteroatoms. The van der Waals surface area contributed by atoms with Crippen molar-refractivity contribution in [1.82, 2.24) is 14.5 Å². The van der Waals surface area contributed by atoms with E-state index in [1.807, 2.05) is 62.1 Å². The van der Waals surface area contributed by atoms with Gasteiger partial charge in [0.25, 0.3) is 0 Å². The Labute approximate surface area is 204 Å². The second-order valence-corrected chi connectivity index (χ2v) is 10.3. The number of nitrogens with zero attached hydrogens (tertiary/aromatic N) is 3. The first-order chi connectivity index (χ1) is 15.7. The average molecular weight is 489 g/mol. The number of piperidine rings is 1. The van der Waals surface area contributed by atoms with Crippen molar-refractivity contribution >= 4 is 46.3 Å². The van der Waals surface area contributed by atoms with E-state index < -0.39 is 5.60 Å². The molecule has 1 aliphatic rings. The second-order valence-electron chi connectivity index (χ2n) is 9.46. The number of fused-ring (bicyclic) bond motifs is 1. The molecule has 0 radical (unpaired) electrons. The summed E-state index contributed by atoms with van der Waals surface area (Å²) in [5.41, 5.74) is 2.45. The Kier molecular flexibility index (Phi) is 7.05. The van der Waals surface area contributed by atoms with Gasteiger partial charge in [-0.15, -0.1) is 0 Å². The minimum absolute atomic E-state index is 0.0480. The molecule has 1 amide bonds. The number of ether oxygens (including phenoxy) is 1. The molecule has 1 saturated heterocycles. The third-order valence-corrected chi connectivity index (χ3v) is 6.47. The third kappa shape index (κ3) is 5.74. The van der Waals surface area contributed by atoms with E-state index in [4.69, 9.17) is 32.9 Å². The van der Waals surface area contributed by atoms with Gasteiger partial charge in [0.05, 0.1) is 33.7 Å². The fraction of sp³-hybridized carbons (Fsp3) is 0.440. The summed E-state index contributed by atoms with van der Waals surface area (Å²) < 4.78 is 7.78. The minimum Gasteiger partial charge on any atom is -0.444 e. The molecule has 1 fully saturated rings. The van der Waals surface area contributed by atoms with Crippen LogP contribution in [0.25, 0.3) is 11.0 Å². The Hall–Kier alpha value is -2.44. The molecule has 1 N–H and O–H groups in total. The summed E-state index contributed by atoms with van der Waals surface area (Å²) in [6.07, 6.45) is 2.76. The smallest absolute Gasteiger partial charge is 0.410 e. The second kappa shape index (κ2) is 9.82. The molecule has 2 aromatic carbocycles. The summed E-state index contributed by atoms with van der Waals surface area (Å²) in [6.45, 7) is 7.60. The topological polar surface area (TPSA) is 59.4 Å². The maximum atomic E-state index is 12.8. The van der Waals surface area contributed by atoms with Gasteiger partial charge in [-0.25, -0.2) is 9.78 Å². The maximum absolute atomic E-state index is 12.8. The van der Waals surface area contributed by atoms with Crippen molar-refractivity contribution in [3.8, 4) is 0 Å². The number of para-hydroxylation sites is 2. The van der Waals surface area contributed by atoms with E-state index >= 15 is 0 Å². The largest absolute Gasteiger partial charge is 0.444 e. The molecule has 0 bridgehead atoms. The van der Waals surface area contributed by atoms with Gasteiger partial charge in [-0.05, 0) is 69.9 Å².